The average molecular weight is 379 g/mol. The highest BCUT2D eigenvalue weighted by atomic mass is 16.7. The summed E-state index contributed by atoms with van der Waals surface area (Å²) < 4.78 is 11.3. The molecule has 0 radical (unpaired) electrons. The number of rotatable bonds is 18. The third-order valence-corrected chi connectivity index (χ3v) is 5.26. The molecule has 0 aromatic heterocycles. The predicted molar refractivity (Wildman–Crippen MR) is 118 cm³/mol. The second kappa shape index (κ2) is 20.1. The van der Waals surface area contributed by atoms with E-state index in [-0.39, 0.29) is 6.29 Å². The van der Waals surface area contributed by atoms with Gasteiger partial charge < -0.3 is 9.47 Å². The first-order valence-corrected chi connectivity index (χ1v) is 12.0. The molecular weight excluding hydrogens is 332 g/mol. The summed E-state index contributed by atoms with van der Waals surface area (Å²) in [6, 6.07) is 0. The van der Waals surface area contributed by atoms with Gasteiger partial charge in [0.15, 0.2) is 6.29 Å². The van der Waals surface area contributed by atoms with Crippen LogP contribution in [0.1, 0.15) is 116 Å². The predicted octanol–water partition coefficient (Wildman–Crippen LogP) is 8.12. The molecule has 0 saturated carbocycles. The zero-order valence-corrected chi connectivity index (χ0v) is 18.1. The van der Waals surface area contributed by atoms with E-state index in [0.717, 1.165) is 26.1 Å². The third kappa shape index (κ3) is 17.2. The molecule has 0 aromatic rings. The van der Waals surface area contributed by atoms with E-state index in [1.54, 1.807) is 0 Å². The minimum atomic E-state index is 0.0758. The Hall–Kier alpha value is -0.600. The molecule has 0 aromatic carbocycles. The van der Waals surface area contributed by atoms with Crippen LogP contribution in [0, 0.1) is 0 Å². The van der Waals surface area contributed by atoms with Crippen LogP contribution < -0.4 is 0 Å². The fraction of sp³-hybridized carbons (Fsp3) is 0.840. The van der Waals surface area contributed by atoms with Crippen molar-refractivity contribution in [3.63, 3.8) is 0 Å². The minimum Gasteiger partial charge on any atom is -0.353 e. The van der Waals surface area contributed by atoms with Crippen molar-refractivity contribution in [3.8, 4) is 0 Å². The highest BCUT2D eigenvalue weighted by Crippen LogP contribution is 2.14. The summed E-state index contributed by atoms with van der Waals surface area (Å²) in [6.07, 6.45) is 31.5. The van der Waals surface area contributed by atoms with Crippen LogP contribution in [0.5, 0.6) is 0 Å². The van der Waals surface area contributed by atoms with E-state index in [4.69, 9.17) is 9.47 Å². The Balaban J connectivity index is 1.75. The monoisotopic (exact) mass is 378 g/mol. The molecule has 1 rings (SSSR count). The van der Waals surface area contributed by atoms with E-state index in [1.807, 2.05) is 0 Å². The van der Waals surface area contributed by atoms with Crippen molar-refractivity contribution in [3.05, 3.63) is 24.3 Å². The summed E-state index contributed by atoms with van der Waals surface area (Å²) in [5.41, 5.74) is 0. The molecule has 0 N–H and O–H groups in total. The molecule has 2 heteroatoms. The fourth-order valence-electron chi connectivity index (χ4n) is 3.48. The summed E-state index contributed by atoms with van der Waals surface area (Å²) in [6.45, 7) is 4.01. The molecule has 27 heavy (non-hydrogen) atoms. The van der Waals surface area contributed by atoms with Crippen molar-refractivity contribution in [2.45, 2.75) is 122 Å². The van der Waals surface area contributed by atoms with Crippen LogP contribution in [0.2, 0.25) is 0 Å². The lowest BCUT2D eigenvalue weighted by Gasteiger charge is -2.22. The molecule has 0 bridgehead atoms. The Bertz CT molecular complexity index is 342. The lowest BCUT2D eigenvalue weighted by Crippen LogP contribution is -2.22. The van der Waals surface area contributed by atoms with E-state index < -0.39 is 0 Å². The van der Waals surface area contributed by atoms with Gasteiger partial charge in [-0.05, 0) is 64.2 Å². The number of unbranched alkanes of at least 4 members (excludes halogenated alkanes) is 11. The van der Waals surface area contributed by atoms with Gasteiger partial charge in [-0.1, -0.05) is 76.2 Å². The van der Waals surface area contributed by atoms with Crippen molar-refractivity contribution in [1.29, 1.82) is 0 Å². The number of ether oxygens (including phenoxy) is 2. The Labute approximate surface area is 169 Å². The zero-order valence-electron chi connectivity index (χ0n) is 18.1. The Morgan fingerprint density at radius 2 is 1.30 bits per heavy atom. The maximum atomic E-state index is 5.76. The normalized spacial score (nSPS) is 18.0. The van der Waals surface area contributed by atoms with Crippen LogP contribution in [0.15, 0.2) is 24.3 Å². The van der Waals surface area contributed by atoms with Crippen molar-refractivity contribution in [2.24, 2.45) is 0 Å². The van der Waals surface area contributed by atoms with E-state index >= 15 is 0 Å². The van der Waals surface area contributed by atoms with E-state index in [2.05, 4.69) is 31.2 Å². The van der Waals surface area contributed by atoms with Gasteiger partial charge in [0.2, 0.25) is 0 Å². The van der Waals surface area contributed by atoms with Gasteiger partial charge in [-0.2, -0.15) is 0 Å². The first-order chi connectivity index (χ1) is 13.4. The van der Waals surface area contributed by atoms with E-state index in [9.17, 15) is 0 Å². The van der Waals surface area contributed by atoms with Crippen molar-refractivity contribution in [2.75, 3.05) is 13.2 Å². The highest BCUT2D eigenvalue weighted by molar-refractivity contribution is 4.88. The smallest absolute Gasteiger partial charge is 0.157 e. The summed E-state index contributed by atoms with van der Waals surface area (Å²) in [4.78, 5) is 0. The van der Waals surface area contributed by atoms with Crippen molar-refractivity contribution < 1.29 is 9.47 Å². The van der Waals surface area contributed by atoms with Crippen LogP contribution in [0.3, 0.4) is 0 Å². The molecule has 1 aliphatic heterocycles. The molecule has 0 amide bonds. The van der Waals surface area contributed by atoms with Crippen molar-refractivity contribution in [1.82, 2.24) is 0 Å². The summed E-state index contributed by atoms with van der Waals surface area (Å²) in [7, 11) is 0. The Morgan fingerprint density at radius 1 is 0.704 bits per heavy atom. The molecule has 0 spiro atoms. The van der Waals surface area contributed by atoms with Crippen LogP contribution in [0.25, 0.3) is 0 Å². The molecule has 158 valence electrons. The topological polar surface area (TPSA) is 18.5 Å². The quantitative estimate of drug-likeness (QED) is 0.177. The van der Waals surface area contributed by atoms with Crippen LogP contribution in [-0.4, -0.2) is 19.5 Å². The number of hydrogen-bond acceptors (Lipinski definition) is 2. The van der Waals surface area contributed by atoms with Gasteiger partial charge in [-0.25, -0.2) is 0 Å². The van der Waals surface area contributed by atoms with Gasteiger partial charge in [0.05, 0.1) is 0 Å². The SMILES string of the molecule is CCCCCCCCCC/C=C\CC/C=C\CCCCOC1CCCCO1. The summed E-state index contributed by atoms with van der Waals surface area (Å²) in [5.74, 6) is 0. The average Bonchev–Trinajstić information content (AvgIpc) is 2.70. The molecule has 0 aliphatic carbocycles. The van der Waals surface area contributed by atoms with Gasteiger partial charge in [0.25, 0.3) is 0 Å². The second-order valence-electron chi connectivity index (χ2n) is 7.95. The van der Waals surface area contributed by atoms with Gasteiger partial charge in [0.1, 0.15) is 0 Å². The lowest BCUT2D eigenvalue weighted by atomic mass is 10.1. The van der Waals surface area contributed by atoms with Gasteiger partial charge in [-0.3, -0.25) is 0 Å². The molecule has 2 nitrogen and oxygen atoms in total. The second-order valence-corrected chi connectivity index (χ2v) is 7.95. The maximum absolute atomic E-state index is 5.76. The molecule has 1 atom stereocenters. The maximum Gasteiger partial charge on any atom is 0.157 e. The molecule has 1 unspecified atom stereocenters. The van der Waals surface area contributed by atoms with E-state index in [1.165, 1.54) is 96.3 Å². The summed E-state index contributed by atoms with van der Waals surface area (Å²) in [5, 5.41) is 0. The molecule has 1 saturated heterocycles. The Morgan fingerprint density at radius 3 is 1.93 bits per heavy atom. The third-order valence-electron chi connectivity index (χ3n) is 5.26. The number of allylic oxidation sites excluding steroid dienone is 4. The van der Waals surface area contributed by atoms with Gasteiger partial charge in [0, 0.05) is 13.2 Å². The first kappa shape index (κ1) is 24.4. The van der Waals surface area contributed by atoms with Crippen LogP contribution >= 0.6 is 0 Å². The molecule has 1 heterocycles. The molecule has 1 fully saturated rings. The van der Waals surface area contributed by atoms with Crippen molar-refractivity contribution >= 4 is 0 Å². The van der Waals surface area contributed by atoms with E-state index in [0.29, 0.717) is 0 Å². The summed E-state index contributed by atoms with van der Waals surface area (Å²) >= 11 is 0. The van der Waals surface area contributed by atoms with Crippen LogP contribution in [-0.2, 0) is 9.47 Å². The van der Waals surface area contributed by atoms with Gasteiger partial charge >= 0.3 is 0 Å². The minimum absolute atomic E-state index is 0.0758. The number of hydrogen-bond donors (Lipinski definition) is 0. The Kier molecular flexibility index (Phi) is 18.2. The van der Waals surface area contributed by atoms with Crippen LogP contribution in [0.4, 0.5) is 0 Å². The molecule has 1 aliphatic rings. The standard InChI is InChI=1S/C25H46O2/c1-2-3-4-5-6-7-8-9-10-11-12-13-14-15-16-17-18-20-23-26-25-22-19-21-24-27-25/h11-12,15-16,25H,2-10,13-14,17-24H2,1H3/b12-11-,16-15-. The largest absolute Gasteiger partial charge is 0.353 e. The highest BCUT2D eigenvalue weighted by Gasteiger charge is 2.12. The fourth-order valence-corrected chi connectivity index (χ4v) is 3.48. The first-order valence-electron chi connectivity index (χ1n) is 12.0. The zero-order chi connectivity index (χ0) is 19.3. The van der Waals surface area contributed by atoms with Gasteiger partial charge in [-0.15, -0.1) is 0 Å². The lowest BCUT2D eigenvalue weighted by molar-refractivity contribution is -0.162. The molecular formula is C25H46O2.